The van der Waals surface area contributed by atoms with E-state index in [1.807, 2.05) is 0 Å². The highest BCUT2D eigenvalue weighted by Crippen LogP contribution is 2.22. The minimum Gasteiger partial charge on any atom is -0.396 e. The lowest BCUT2D eigenvalue weighted by Gasteiger charge is -2.18. The van der Waals surface area contributed by atoms with Gasteiger partial charge in [0.25, 0.3) is 11.8 Å². The van der Waals surface area contributed by atoms with Crippen LogP contribution in [0.5, 0.6) is 0 Å². The van der Waals surface area contributed by atoms with Crippen molar-refractivity contribution in [2.45, 2.75) is 37.9 Å². The van der Waals surface area contributed by atoms with Crippen LogP contribution in [0.25, 0.3) is 0 Å². The molecule has 168 valence electrons. The average molecular weight is 439 g/mol. The van der Waals surface area contributed by atoms with E-state index in [1.165, 1.54) is 24.4 Å². The van der Waals surface area contributed by atoms with Crippen LogP contribution in [-0.4, -0.2) is 42.3 Å². The number of amides is 2. The van der Waals surface area contributed by atoms with Crippen LogP contribution in [0.4, 0.5) is 18.9 Å². The van der Waals surface area contributed by atoms with Crippen molar-refractivity contribution in [3.05, 3.63) is 41.2 Å². The van der Waals surface area contributed by atoms with Crippen molar-refractivity contribution in [2.75, 3.05) is 18.2 Å². The van der Waals surface area contributed by atoms with Crippen molar-refractivity contribution in [3.8, 4) is 11.8 Å². The molecule has 0 saturated heterocycles. The maximum Gasteiger partial charge on any atom is 0.405 e. The summed E-state index contributed by atoms with van der Waals surface area (Å²) in [6.07, 6.45) is -0.801. The number of nitrogens with zero attached hydrogens (tertiary/aromatic N) is 1. The zero-order valence-electron chi connectivity index (χ0n) is 16.6. The van der Waals surface area contributed by atoms with Crippen LogP contribution in [0.3, 0.4) is 0 Å². The lowest BCUT2D eigenvalue weighted by molar-refractivity contribution is -0.123. The van der Waals surface area contributed by atoms with E-state index in [4.69, 9.17) is 16.7 Å². The Labute approximate surface area is 177 Å². The van der Waals surface area contributed by atoms with Gasteiger partial charge in [-0.2, -0.15) is 13.2 Å². The van der Waals surface area contributed by atoms with Gasteiger partial charge in [-0.15, -0.1) is 0 Å². The quantitative estimate of drug-likeness (QED) is 0.134. The van der Waals surface area contributed by atoms with E-state index in [2.05, 4.69) is 17.2 Å². The van der Waals surface area contributed by atoms with Gasteiger partial charge in [-0.05, 0) is 37.5 Å². The molecular formula is C20H24F3N5O3. The first kappa shape index (κ1) is 24.0. The predicted molar refractivity (Wildman–Crippen MR) is 108 cm³/mol. The van der Waals surface area contributed by atoms with E-state index in [0.29, 0.717) is 12.8 Å². The smallest absolute Gasteiger partial charge is 0.396 e. The first-order chi connectivity index (χ1) is 14.6. The number of carbonyl (C=O) groups excluding carboxylic acids is 2. The van der Waals surface area contributed by atoms with Gasteiger partial charge in [-0.3, -0.25) is 14.6 Å². The molecule has 1 aliphatic carbocycles. The van der Waals surface area contributed by atoms with E-state index in [-0.39, 0.29) is 35.2 Å². The number of rotatable bonds is 8. The molecule has 7 N–H and O–H groups in total. The first-order valence-electron chi connectivity index (χ1n) is 9.51. The summed E-state index contributed by atoms with van der Waals surface area (Å²) in [5.74, 6) is 10.2. The van der Waals surface area contributed by atoms with Gasteiger partial charge >= 0.3 is 6.18 Å². The molecule has 0 atom stereocenters. The van der Waals surface area contributed by atoms with Gasteiger partial charge in [0.05, 0.1) is 17.5 Å². The van der Waals surface area contributed by atoms with Gasteiger partial charge in [-0.25, -0.2) is 5.84 Å². The Hall–Kier alpha value is -3.23. The van der Waals surface area contributed by atoms with Crippen LogP contribution in [-0.2, 0) is 4.79 Å². The topological polar surface area (TPSA) is 134 Å². The van der Waals surface area contributed by atoms with Gasteiger partial charge in [0.15, 0.2) is 0 Å². The largest absolute Gasteiger partial charge is 0.405 e. The lowest BCUT2D eigenvalue weighted by atomic mass is 10.1. The second-order valence-electron chi connectivity index (χ2n) is 6.90. The maximum absolute atomic E-state index is 12.4. The Morgan fingerprint density at radius 3 is 2.65 bits per heavy atom. The number of anilines is 1. The summed E-state index contributed by atoms with van der Waals surface area (Å²) in [5.41, 5.74) is 6.11. The molecule has 2 amide bonds. The molecule has 0 aliphatic heterocycles. The van der Waals surface area contributed by atoms with E-state index in [1.54, 1.807) is 5.32 Å². The Bertz CT molecular complexity index is 902. The van der Waals surface area contributed by atoms with Gasteiger partial charge in [0.1, 0.15) is 12.2 Å². The van der Waals surface area contributed by atoms with Gasteiger partial charge in [-0.1, -0.05) is 11.8 Å². The first-order valence-corrected chi connectivity index (χ1v) is 9.51. The highest BCUT2D eigenvalue weighted by molar-refractivity contribution is 5.95. The van der Waals surface area contributed by atoms with E-state index >= 15 is 0 Å². The van der Waals surface area contributed by atoms with Crippen LogP contribution >= 0.6 is 0 Å². The Balaban J connectivity index is 2.25. The fourth-order valence-corrected chi connectivity index (χ4v) is 2.38. The van der Waals surface area contributed by atoms with Crippen LogP contribution in [0.1, 0.15) is 41.6 Å². The molecule has 2 rings (SSSR count). The summed E-state index contributed by atoms with van der Waals surface area (Å²) < 4.78 is 37.1. The SMILES string of the molecule is N/C(=C\N(N)c1ccc(C(=O)NCC(F)(F)F)cc1C#CCCCO)C(=O)NC1CC1. The van der Waals surface area contributed by atoms with Crippen LogP contribution in [0.2, 0.25) is 0 Å². The summed E-state index contributed by atoms with van der Waals surface area (Å²) in [6.45, 7) is -1.52. The third-order valence-corrected chi connectivity index (χ3v) is 4.12. The molecule has 0 spiro atoms. The Kier molecular flexibility index (Phi) is 8.30. The molecule has 31 heavy (non-hydrogen) atoms. The number of benzene rings is 1. The molecule has 0 bridgehead atoms. The number of alkyl halides is 3. The molecule has 1 aromatic carbocycles. The second kappa shape index (κ2) is 10.7. The van der Waals surface area contributed by atoms with Crippen molar-refractivity contribution in [3.63, 3.8) is 0 Å². The third kappa shape index (κ3) is 8.19. The van der Waals surface area contributed by atoms with E-state index in [0.717, 1.165) is 17.9 Å². The van der Waals surface area contributed by atoms with Gasteiger partial charge in [0, 0.05) is 24.6 Å². The number of nitrogens with two attached hydrogens (primary N) is 2. The van der Waals surface area contributed by atoms with Crippen molar-refractivity contribution < 1.29 is 27.9 Å². The molecule has 0 radical (unpaired) electrons. The molecule has 1 aromatic rings. The number of halogens is 3. The molecule has 1 aliphatic rings. The number of hydrazine groups is 1. The standard InChI is InChI=1S/C20H24F3N5O3/c21-20(22,23)12-26-18(30)14-5-8-17(13(10-14)4-2-1-3-9-29)28(25)11-16(24)19(31)27-15-6-7-15/h5,8,10-11,15,29H,1,3,6-7,9,12,24-25H2,(H,26,30)(H,27,31)/b16-11-. The molecule has 0 heterocycles. The molecular weight excluding hydrogens is 415 g/mol. The minimum atomic E-state index is -4.54. The van der Waals surface area contributed by atoms with Crippen LogP contribution in [0.15, 0.2) is 30.1 Å². The molecule has 8 nitrogen and oxygen atoms in total. The third-order valence-electron chi connectivity index (χ3n) is 4.12. The number of nitrogens with one attached hydrogen (secondary N) is 2. The number of unbranched alkanes of at least 4 members (excludes halogenated alkanes) is 1. The summed E-state index contributed by atoms with van der Waals surface area (Å²) in [6, 6.07) is 4.07. The number of aliphatic hydroxyl groups excluding tert-OH is 1. The van der Waals surface area contributed by atoms with Gasteiger partial charge < -0.3 is 21.5 Å². The van der Waals surface area contributed by atoms with E-state index in [9.17, 15) is 22.8 Å². The number of hydrogen-bond donors (Lipinski definition) is 5. The zero-order chi connectivity index (χ0) is 23.0. The number of aliphatic hydroxyl groups is 1. The molecule has 1 fully saturated rings. The summed E-state index contributed by atoms with van der Waals surface area (Å²) >= 11 is 0. The van der Waals surface area contributed by atoms with Crippen LogP contribution in [0, 0.1) is 11.8 Å². The van der Waals surface area contributed by atoms with Crippen molar-refractivity contribution >= 4 is 17.5 Å². The van der Waals surface area contributed by atoms with Gasteiger partial charge in [0.2, 0.25) is 0 Å². The lowest BCUT2D eigenvalue weighted by Crippen LogP contribution is -2.34. The zero-order valence-corrected chi connectivity index (χ0v) is 16.6. The predicted octanol–water partition coefficient (Wildman–Crippen LogP) is 0.861. The summed E-state index contributed by atoms with van der Waals surface area (Å²) in [7, 11) is 0. The molecule has 0 unspecified atom stereocenters. The van der Waals surface area contributed by atoms with Crippen molar-refractivity contribution in [1.82, 2.24) is 10.6 Å². The minimum absolute atomic E-state index is 0.0451. The highest BCUT2D eigenvalue weighted by atomic mass is 19.4. The number of hydrogen-bond acceptors (Lipinski definition) is 6. The normalized spacial score (nSPS) is 13.8. The second-order valence-corrected chi connectivity index (χ2v) is 6.90. The van der Waals surface area contributed by atoms with E-state index < -0.39 is 24.5 Å². The molecule has 1 saturated carbocycles. The molecule has 0 aromatic heterocycles. The monoisotopic (exact) mass is 439 g/mol. The Morgan fingerprint density at radius 2 is 2.03 bits per heavy atom. The average Bonchev–Trinajstić information content (AvgIpc) is 3.52. The van der Waals surface area contributed by atoms with Crippen LogP contribution < -0.4 is 27.2 Å². The summed E-state index contributed by atoms with van der Waals surface area (Å²) in [4.78, 5) is 24.1. The fraction of sp³-hybridized carbons (Fsp3) is 0.400. The fourth-order valence-electron chi connectivity index (χ4n) is 2.38. The number of carbonyl (C=O) groups is 2. The maximum atomic E-state index is 12.4. The molecule has 11 heteroatoms. The van der Waals surface area contributed by atoms with Crippen molar-refractivity contribution in [1.29, 1.82) is 0 Å². The van der Waals surface area contributed by atoms with Crippen molar-refractivity contribution in [2.24, 2.45) is 11.6 Å². The summed E-state index contributed by atoms with van der Waals surface area (Å²) in [5, 5.41) is 14.4. The highest BCUT2D eigenvalue weighted by Gasteiger charge is 2.28. The Morgan fingerprint density at radius 1 is 1.32 bits per heavy atom.